The van der Waals surface area contributed by atoms with Crippen LogP contribution in [0, 0.1) is 5.92 Å². The van der Waals surface area contributed by atoms with Crippen molar-refractivity contribution in [3.05, 3.63) is 65.7 Å². The van der Waals surface area contributed by atoms with Crippen LogP contribution in [0.1, 0.15) is 43.7 Å². The molecular weight excluding hydrogens is 468 g/mol. The van der Waals surface area contributed by atoms with E-state index in [1.54, 1.807) is 0 Å². The third-order valence-corrected chi connectivity index (χ3v) is 6.95. The number of carboxylic acids is 1. The van der Waals surface area contributed by atoms with Crippen molar-refractivity contribution in [3.8, 4) is 34.3 Å². The fraction of sp³-hybridized carbons (Fsp3) is 0.379. The van der Waals surface area contributed by atoms with Crippen LogP contribution >= 0.6 is 0 Å². The molecule has 1 atom stereocenters. The van der Waals surface area contributed by atoms with Gasteiger partial charge in [0.2, 0.25) is 5.82 Å². The molecule has 0 radical (unpaired) electrons. The van der Waals surface area contributed by atoms with Gasteiger partial charge in [0.05, 0.1) is 0 Å². The van der Waals surface area contributed by atoms with Crippen molar-refractivity contribution < 1.29 is 18.9 Å². The number of hydrogen-bond donors (Lipinski definition) is 1. The van der Waals surface area contributed by atoms with Gasteiger partial charge >= 0.3 is 5.97 Å². The topological polar surface area (TPSA) is 105 Å². The Kier molecular flexibility index (Phi) is 7.75. The molecule has 1 fully saturated rings. The summed E-state index contributed by atoms with van der Waals surface area (Å²) in [5, 5.41) is 17.6. The third-order valence-electron chi connectivity index (χ3n) is 6.95. The minimum Gasteiger partial charge on any atom is -0.481 e. The van der Waals surface area contributed by atoms with Crippen LogP contribution < -0.4 is 0 Å². The Morgan fingerprint density at radius 2 is 1.84 bits per heavy atom. The monoisotopic (exact) mass is 500 g/mol. The Morgan fingerprint density at radius 3 is 2.59 bits per heavy atom. The number of piperidine rings is 1. The molecule has 2 aromatic carbocycles. The molecule has 1 saturated heterocycles. The Morgan fingerprint density at radius 1 is 1.03 bits per heavy atom. The first kappa shape index (κ1) is 24.9. The highest BCUT2D eigenvalue weighted by atomic mass is 16.5. The molecule has 8 nitrogen and oxygen atoms in total. The Balaban J connectivity index is 1.25. The van der Waals surface area contributed by atoms with Gasteiger partial charge in [-0.3, -0.25) is 4.79 Å². The number of carbonyl (C=O) groups is 1. The molecule has 1 aliphatic heterocycles. The lowest BCUT2D eigenvalue weighted by Crippen LogP contribution is -2.37. The highest BCUT2D eigenvalue weighted by molar-refractivity contribution is 5.70. The van der Waals surface area contributed by atoms with Gasteiger partial charge in [0, 0.05) is 36.2 Å². The summed E-state index contributed by atoms with van der Waals surface area (Å²) >= 11 is 0. The number of benzene rings is 2. The molecule has 5 rings (SSSR count). The van der Waals surface area contributed by atoms with Gasteiger partial charge in [-0.25, -0.2) is 0 Å². The van der Waals surface area contributed by atoms with E-state index in [1.165, 1.54) is 5.56 Å². The van der Waals surface area contributed by atoms with Gasteiger partial charge < -0.3 is 19.1 Å². The van der Waals surface area contributed by atoms with Gasteiger partial charge in [0.15, 0.2) is 11.5 Å². The molecule has 3 heterocycles. The molecule has 192 valence electrons. The maximum absolute atomic E-state index is 11.0. The van der Waals surface area contributed by atoms with Crippen molar-refractivity contribution in [2.45, 2.75) is 45.4 Å². The van der Waals surface area contributed by atoms with Crippen LogP contribution in [0.3, 0.4) is 0 Å². The maximum Gasteiger partial charge on any atom is 0.303 e. The summed E-state index contributed by atoms with van der Waals surface area (Å²) in [6, 6.07) is 18.1. The fourth-order valence-electron chi connectivity index (χ4n) is 5.09. The van der Waals surface area contributed by atoms with Gasteiger partial charge in [0.1, 0.15) is 0 Å². The normalized spacial score (nSPS) is 16.2. The third kappa shape index (κ3) is 5.97. The standard InChI is InChI=1S/C29H32N4O4/c1-2-7-24-26(31-36-27(24)22-9-4-3-5-10-22)29-30-28(32-37-29)23-13-11-20(12-14-23)15-17-33-16-6-8-21(19-33)18-25(34)35/h3-5,9-14,21H,2,6-8,15-19H2,1H3,(H,34,35). The summed E-state index contributed by atoms with van der Waals surface area (Å²) in [5.41, 5.74) is 4.65. The number of carboxylic acid groups (broad SMARTS) is 1. The fourth-order valence-corrected chi connectivity index (χ4v) is 5.09. The van der Waals surface area contributed by atoms with Crippen LogP contribution in [0.2, 0.25) is 0 Å². The van der Waals surface area contributed by atoms with Crippen molar-refractivity contribution in [2.24, 2.45) is 5.92 Å². The van der Waals surface area contributed by atoms with Crippen molar-refractivity contribution in [2.75, 3.05) is 19.6 Å². The molecule has 0 spiro atoms. The summed E-state index contributed by atoms with van der Waals surface area (Å²) in [6.45, 7) is 4.95. The first-order chi connectivity index (χ1) is 18.1. The average Bonchev–Trinajstić information content (AvgIpc) is 3.56. The van der Waals surface area contributed by atoms with E-state index in [0.29, 0.717) is 17.4 Å². The van der Waals surface area contributed by atoms with Gasteiger partial charge in [0.25, 0.3) is 5.89 Å². The highest BCUT2D eigenvalue weighted by Crippen LogP contribution is 2.33. The van der Waals surface area contributed by atoms with E-state index >= 15 is 0 Å². The summed E-state index contributed by atoms with van der Waals surface area (Å²) in [5.74, 6) is 1.17. The van der Waals surface area contributed by atoms with Crippen molar-refractivity contribution in [1.82, 2.24) is 20.2 Å². The largest absolute Gasteiger partial charge is 0.481 e. The molecule has 8 heteroatoms. The van der Waals surface area contributed by atoms with Crippen molar-refractivity contribution >= 4 is 5.97 Å². The molecule has 4 aromatic rings. The van der Waals surface area contributed by atoms with Crippen LogP contribution in [-0.2, 0) is 17.6 Å². The summed E-state index contributed by atoms with van der Waals surface area (Å²) in [6.07, 6.45) is 4.98. The predicted molar refractivity (Wildman–Crippen MR) is 140 cm³/mol. The Bertz CT molecular complexity index is 1310. The van der Waals surface area contributed by atoms with Crippen molar-refractivity contribution in [1.29, 1.82) is 0 Å². The zero-order chi connectivity index (χ0) is 25.6. The Labute approximate surface area is 216 Å². The average molecular weight is 501 g/mol. The molecule has 0 saturated carbocycles. The zero-order valence-corrected chi connectivity index (χ0v) is 21.1. The first-order valence-electron chi connectivity index (χ1n) is 13.0. The Hall–Kier alpha value is -3.78. The van der Waals surface area contributed by atoms with Gasteiger partial charge in [-0.2, -0.15) is 4.98 Å². The maximum atomic E-state index is 11.0. The minimum atomic E-state index is -0.700. The lowest BCUT2D eigenvalue weighted by Gasteiger charge is -2.32. The molecule has 2 aromatic heterocycles. The van der Waals surface area contributed by atoms with Crippen molar-refractivity contribution in [3.63, 3.8) is 0 Å². The van der Waals surface area contributed by atoms with E-state index < -0.39 is 5.97 Å². The van der Waals surface area contributed by atoms with Crippen LogP contribution in [0.4, 0.5) is 0 Å². The number of aliphatic carboxylic acids is 1. The number of rotatable bonds is 10. The van der Waals surface area contributed by atoms with E-state index in [-0.39, 0.29) is 12.3 Å². The van der Waals surface area contributed by atoms with Crippen LogP contribution in [-0.4, -0.2) is 50.9 Å². The molecule has 0 bridgehead atoms. The minimum absolute atomic E-state index is 0.257. The molecule has 1 aliphatic rings. The SMILES string of the molecule is CCCc1c(-c2nc(-c3ccc(CCN4CCCC(CC(=O)O)C4)cc3)no2)noc1-c1ccccc1. The second-order valence-corrected chi connectivity index (χ2v) is 9.73. The summed E-state index contributed by atoms with van der Waals surface area (Å²) < 4.78 is 11.3. The number of nitrogens with zero attached hydrogens (tertiary/aromatic N) is 4. The molecule has 37 heavy (non-hydrogen) atoms. The molecular formula is C29H32N4O4. The van der Waals surface area contributed by atoms with Gasteiger partial charge in [-0.1, -0.05) is 78.3 Å². The van der Waals surface area contributed by atoms with Crippen LogP contribution in [0.5, 0.6) is 0 Å². The van der Waals surface area contributed by atoms with E-state index in [9.17, 15) is 4.79 Å². The summed E-state index contributed by atoms with van der Waals surface area (Å²) in [4.78, 5) is 18.1. The molecule has 0 amide bonds. The molecule has 1 unspecified atom stereocenters. The van der Waals surface area contributed by atoms with Crippen LogP contribution in [0.15, 0.2) is 63.6 Å². The number of hydrogen-bond acceptors (Lipinski definition) is 7. The second-order valence-electron chi connectivity index (χ2n) is 9.73. The highest BCUT2D eigenvalue weighted by Gasteiger charge is 2.24. The lowest BCUT2D eigenvalue weighted by atomic mass is 9.94. The van der Waals surface area contributed by atoms with E-state index in [0.717, 1.165) is 74.2 Å². The zero-order valence-electron chi connectivity index (χ0n) is 21.1. The van der Waals surface area contributed by atoms with Gasteiger partial charge in [-0.05, 0) is 43.7 Å². The molecule has 1 N–H and O–H groups in total. The lowest BCUT2D eigenvalue weighted by molar-refractivity contribution is -0.138. The molecule has 0 aliphatic carbocycles. The van der Waals surface area contributed by atoms with E-state index in [1.807, 2.05) is 42.5 Å². The first-order valence-corrected chi connectivity index (χ1v) is 13.0. The van der Waals surface area contributed by atoms with E-state index in [4.69, 9.17) is 14.2 Å². The summed E-state index contributed by atoms with van der Waals surface area (Å²) in [7, 11) is 0. The number of likely N-dealkylation sites (tertiary alicyclic amines) is 1. The van der Waals surface area contributed by atoms with Crippen LogP contribution in [0.25, 0.3) is 34.3 Å². The predicted octanol–water partition coefficient (Wildman–Crippen LogP) is 5.74. The van der Waals surface area contributed by atoms with E-state index in [2.05, 4.69) is 39.3 Å². The second kappa shape index (κ2) is 11.5. The quantitative estimate of drug-likeness (QED) is 0.294. The number of aromatic nitrogens is 3. The smallest absolute Gasteiger partial charge is 0.303 e. The van der Waals surface area contributed by atoms with Gasteiger partial charge in [-0.15, -0.1) is 0 Å².